The van der Waals surface area contributed by atoms with E-state index in [0.29, 0.717) is 0 Å². The quantitative estimate of drug-likeness (QED) is 0.846. The number of nitrogens with zero attached hydrogens (tertiary/aromatic N) is 1. The Hall–Kier alpha value is -2.49. The summed E-state index contributed by atoms with van der Waals surface area (Å²) in [5.74, 6) is 0. The van der Waals surface area contributed by atoms with Crippen LogP contribution in [0.4, 0.5) is 16.2 Å². The molecule has 0 saturated heterocycles. The summed E-state index contributed by atoms with van der Waals surface area (Å²) < 4.78 is 5.45. The number of anilines is 2. The minimum atomic E-state index is -0.553. The zero-order valence-electron chi connectivity index (χ0n) is 12.5. The van der Waals surface area contributed by atoms with Crippen LogP contribution in [0.15, 0.2) is 60.7 Å². The molecular formula is C17H20N2O2. The fourth-order valence-corrected chi connectivity index (χ4v) is 1.74. The van der Waals surface area contributed by atoms with Crippen LogP contribution in [0.25, 0.3) is 0 Å². The van der Waals surface area contributed by atoms with Gasteiger partial charge in [-0.1, -0.05) is 36.4 Å². The molecule has 0 heterocycles. The Kier molecular flexibility index (Phi) is 4.48. The first-order valence-corrected chi connectivity index (χ1v) is 6.85. The molecule has 0 aliphatic heterocycles. The van der Waals surface area contributed by atoms with Gasteiger partial charge < -0.3 is 4.74 Å². The van der Waals surface area contributed by atoms with Crippen LogP contribution in [0.2, 0.25) is 0 Å². The lowest BCUT2D eigenvalue weighted by Crippen LogP contribution is -2.40. The molecule has 0 spiro atoms. The van der Waals surface area contributed by atoms with Gasteiger partial charge in [0.05, 0.1) is 11.4 Å². The van der Waals surface area contributed by atoms with Crippen molar-refractivity contribution in [3.63, 3.8) is 0 Å². The summed E-state index contributed by atoms with van der Waals surface area (Å²) in [5.41, 5.74) is 4.05. The second-order valence-electron chi connectivity index (χ2n) is 5.63. The molecule has 0 bridgehead atoms. The van der Waals surface area contributed by atoms with Crippen molar-refractivity contribution < 1.29 is 9.53 Å². The van der Waals surface area contributed by atoms with Gasteiger partial charge in [-0.05, 0) is 45.0 Å². The van der Waals surface area contributed by atoms with E-state index >= 15 is 0 Å². The highest BCUT2D eigenvalue weighted by Gasteiger charge is 2.23. The summed E-state index contributed by atoms with van der Waals surface area (Å²) in [7, 11) is 0. The summed E-state index contributed by atoms with van der Waals surface area (Å²) in [6.07, 6.45) is -0.447. The van der Waals surface area contributed by atoms with Gasteiger partial charge in [0.25, 0.3) is 0 Å². The minimum Gasteiger partial charge on any atom is -0.442 e. The van der Waals surface area contributed by atoms with Gasteiger partial charge in [0.1, 0.15) is 5.60 Å². The molecule has 0 aromatic heterocycles. The van der Waals surface area contributed by atoms with Crippen LogP contribution in [-0.4, -0.2) is 11.7 Å². The predicted molar refractivity (Wildman–Crippen MR) is 85.2 cm³/mol. The first-order valence-electron chi connectivity index (χ1n) is 6.85. The number of para-hydroxylation sites is 2. The minimum absolute atomic E-state index is 0.447. The van der Waals surface area contributed by atoms with Crippen molar-refractivity contribution in [2.45, 2.75) is 26.4 Å². The monoisotopic (exact) mass is 284 g/mol. The third-order valence-corrected chi connectivity index (χ3v) is 2.61. The van der Waals surface area contributed by atoms with Crippen molar-refractivity contribution in [1.29, 1.82) is 0 Å². The Labute approximate surface area is 125 Å². The van der Waals surface area contributed by atoms with E-state index in [9.17, 15) is 4.79 Å². The number of carbonyl (C=O) groups excluding carboxylic acids is 1. The molecule has 0 saturated carbocycles. The van der Waals surface area contributed by atoms with Crippen LogP contribution >= 0.6 is 0 Å². The van der Waals surface area contributed by atoms with Gasteiger partial charge in [0.2, 0.25) is 0 Å². The van der Waals surface area contributed by atoms with Crippen molar-refractivity contribution in [2.24, 2.45) is 0 Å². The van der Waals surface area contributed by atoms with Crippen molar-refractivity contribution in [3.05, 3.63) is 60.7 Å². The lowest BCUT2D eigenvalue weighted by atomic mass is 10.2. The SMILES string of the molecule is CC(C)(C)OC(=O)N(Nc1ccccc1)c1ccccc1. The number of carbonyl (C=O) groups is 1. The third kappa shape index (κ3) is 4.53. The third-order valence-electron chi connectivity index (χ3n) is 2.61. The summed E-state index contributed by atoms with van der Waals surface area (Å²) in [6, 6.07) is 18.9. The number of benzene rings is 2. The molecule has 2 aromatic rings. The highest BCUT2D eigenvalue weighted by atomic mass is 16.6. The average molecular weight is 284 g/mol. The lowest BCUT2D eigenvalue weighted by Gasteiger charge is -2.28. The largest absolute Gasteiger partial charge is 0.442 e. The first kappa shape index (κ1) is 14.9. The summed E-state index contributed by atoms with van der Waals surface area (Å²) in [4.78, 5) is 12.4. The number of hydrogen-bond acceptors (Lipinski definition) is 3. The molecule has 0 unspecified atom stereocenters. The van der Waals surface area contributed by atoms with Crippen LogP contribution in [0.3, 0.4) is 0 Å². The van der Waals surface area contributed by atoms with Gasteiger partial charge in [0, 0.05) is 0 Å². The Morgan fingerprint density at radius 3 is 2.00 bits per heavy atom. The molecule has 0 radical (unpaired) electrons. The first-order chi connectivity index (χ1) is 9.96. The van der Waals surface area contributed by atoms with Gasteiger partial charge in [0.15, 0.2) is 0 Å². The Morgan fingerprint density at radius 1 is 0.952 bits per heavy atom. The van der Waals surface area contributed by atoms with E-state index in [-0.39, 0.29) is 0 Å². The maximum absolute atomic E-state index is 12.4. The van der Waals surface area contributed by atoms with E-state index < -0.39 is 11.7 Å². The van der Waals surface area contributed by atoms with Crippen LogP contribution in [0, 0.1) is 0 Å². The molecule has 0 fully saturated rings. The van der Waals surface area contributed by atoms with Crippen LogP contribution in [0.1, 0.15) is 20.8 Å². The molecule has 1 N–H and O–H groups in total. The van der Waals surface area contributed by atoms with Crippen molar-refractivity contribution in [3.8, 4) is 0 Å². The average Bonchev–Trinajstić information content (AvgIpc) is 2.45. The Balaban J connectivity index is 2.25. The second kappa shape index (κ2) is 6.31. The van der Waals surface area contributed by atoms with E-state index in [1.807, 2.05) is 81.4 Å². The number of rotatable bonds is 3. The molecule has 4 heteroatoms. The molecule has 0 aliphatic rings. The van der Waals surface area contributed by atoms with Crippen LogP contribution < -0.4 is 10.4 Å². The Morgan fingerprint density at radius 2 is 1.48 bits per heavy atom. The molecule has 4 nitrogen and oxygen atoms in total. The second-order valence-corrected chi connectivity index (χ2v) is 5.63. The Bertz CT molecular complexity index is 577. The predicted octanol–water partition coefficient (Wildman–Crippen LogP) is 4.46. The number of amides is 1. The van der Waals surface area contributed by atoms with Gasteiger partial charge in [-0.3, -0.25) is 5.43 Å². The summed E-state index contributed by atoms with van der Waals surface area (Å²) in [5, 5.41) is 1.40. The fourth-order valence-electron chi connectivity index (χ4n) is 1.74. The van der Waals surface area contributed by atoms with E-state index in [0.717, 1.165) is 11.4 Å². The van der Waals surface area contributed by atoms with Gasteiger partial charge >= 0.3 is 6.09 Å². The maximum atomic E-state index is 12.4. The molecule has 0 aliphatic carbocycles. The van der Waals surface area contributed by atoms with Crippen LogP contribution in [-0.2, 0) is 4.74 Å². The zero-order valence-corrected chi connectivity index (χ0v) is 12.5. The van der Waals surface area contributed by atoms with Gasteiger partial charge in [-0.25, -0.2) is 4.79 Å². The molecule has 0 atom stereocenters. The molecule has 110 valence electrons. The van der Waals surface area contributed by atoms with Gasteiger partial charge in [-0.2, -0.15) is 5.01 Å². The molecule has 1 amide bonds. The molecule has 21 heavy (non-hydrogen) atoms. The van der Waals surface area contributed by atoms with Gasteiger partial charge in [-0.15, -0.1) is 0 Å². The van der Waals surface area contributed by atoms with E-state index in [1.165, 1.54) is 5.01 Å². The number of nitrogens with one attached hydrogen (secondary N) is 1. The molecular weight excluding hydrogens is 264 g/mol. The zero-order chi connectivity index (χ0) is 15.3. The van der Waals surface area contributed by atoms with E-state index in [1.54, 1.807) is 0 Å². The number of hydrogen-bond donors (Lipinski definition) is 1. The number of ether oxygens (including phenoxy) is 1. The lowest BCUT2D eigenvalue weighted by molar-refractivity contribution is 0.0589. The number of hydrazine groups is 1. The molecule has 2 aromatic carbocycles. The smallest absolute Gasteiger partial charge is 0.433 e. The normalized spacial score (nSPS) is 10.8. The highest BCUT2D eigenvalue weighted by Crippen LogP contribution is 2.19. The fraction of sp³-hybridized carbons (Fsp3) is 0.235. The highest BCUT2D eigenvalue weighted by molar-refractivity contribution is 5.90. The van der Waals surface area contributed by atoms with E-state index in [2.05, 4.69) is 5.43 Å². The summed E-state index contributed by atoms with van der Waals surface area (Å²) in [6.45, 7) is 5.53. The topological polar surface area (TPSA) is 41.6 Å². The standard InChI is InChI=1S/C17H20N2O2/c1-17(2,3)21-16(20)19(15-12-8-5-9-13-15)18-14-10-6-4-7-11-14/h4-13,18H,1-3H3. The summed E-state index contributed by atoms with van der Waals surface area (Å²) >= 11 is 0. The maximum Gasteiger partial charge on any atom is 0.433 e. The van der Waals surface area contributed by atoms with Crippen molar-refractivity contribution >= 4 is 17.5 Å². The molecule has 2 rings (SSSR count). The van der Waals surface area contributed by atoms with E-state index in [4.69, 9.17) is 4.74 Å². The van der Waals surface area contributed by atoms with Crippen molar-refractivity contribution in [1.82, 2.24) is 0 Å². The van der Waals surface area contributed by atoms with Crippen LogP contribution in [0.5, 0.6) is 0 Å². The van der Waals surface area contributed by atoms with Crippen molar-refractivity contribution in [2.75, 3.05) is 10.4 Å².